The lowest BCUT2D eigenvalue weighted by molar-refractivity contribution is 0.298. The summed E-state index contributed by atoms with van der Waals surface area (Å²) >= 11 is 0. The second-order valence-corrected chi connectivity index (χ2v) is 5.11. The van der Waals surface area contributed by atoms with E-state index in [1.165, 1.54) is 11.1 Å². The molecule has 3 heteroatoms. The van der Waals surface area contributed by atoms with Crippen molar-refractivity contribution >= 4 is 0 Å². The number of aryl methyl sites for hydroxylation is 2. The smallest absolute Gasteiger partial charge is 0.213 e. The third-order valence-electron chi connectivity index (χ3n) is 3.44. The van der Waals surface area contributed by atoms with Crippen LogP contribution in [0.25, 0.3) is 0 Å². The van der Waals surface area contributed by atoms with Crippen LogP contribution in [0.2, 0.25) is 0 Å². The minimum absolute atomic E-state index is 0.702. The highest BCUT2D eigenvalue weighted by atomic mass is 16.5. The average Bonchev–Trinajstić information content (AvgIpc) is 2.52. The van der Waals surface area contributed by atoms with E-state index in [1.807, 2.05) is 19.1 Å². The van der Waals surface area contributed by atoms with E-state index in [2.05, 4.69) is 47.6 Å². The first-order valence-corrected chi connectivity index (χ1v) is 7.63. The zero-order valence-electron chi connectivity index (χ0n) is 12.9. The lowest BCUT2D eigenvalue weighted by Gasteiger charge is -2.09. The molecule has 21 heavy (non-hydrogen) atoms. The van der Waals surface area contributed by atoms with E-state index in [0.29, 0.717) is 6.61 Å². The molecule has 0 aliphatic rings. The molecule has 0 spiro atoms. The number of hydrogen-bond acceptors (Lipinski definition) is 3. The molecular weight excluding hydrogens is 260 g/mol. The minimum Gasteiger partial charge on any atom is -0.478 e. The Kier molecular flexibility index (Phi) is 6.22. The fourth-order valence-electron chi connectivity index (χ4n) is 2.19. The van der Waals surface area contributed by atoms with Crippen molar-refractivity contribution in [1.82, 2.24) is 10.3 Å². The van der Waals surface area contributed by atoms with Crippen LogP contribution >= 0.6 is 0 Å². The second kappa shape index (κ2) is 8.42. The summed E-state index contributed by atoms with van der Waals surface area (Å²) in [4.78, 5) is 4.51. The first-order valence-electron chi connectivity index (χ1n) is 7.63. The maximum absolute atomic E-state index is 5.74. The molecule has 2 rings (SSSR count). The van der Waals surface area contributed by atoms with Crippen molar-refractivity contribution in [2.45, 2.75) is 33.2 Å². The first kappa shape index (κ1) is 15.5. The molecule has 0 radical (unpaired) electrons. The van der Waals surface area contributed by atoms with Crippen molar-refractivity contribution < 1.29 is 4.74 Å². The van der Waals surface area contributed by atoms with Crippen LogP contribution in [0.4, 0.5) is 0 Å². The van der Waals surface area contributed by atoms with Crippen LogP contribution in [0.3, 0.4) is 0 Å². The highest BCUT2D eigenvalue weighted by Crippen LogP contribution is 2.13. The number of hydrogen-bond donors (Lipinski definition) is 1. The number of benzene rings is 1. The monoisotopic (exact) mass is 284 g/mol. The van der Waals surface area contributed by atoms with Crippen LogP contribution in [0.15, 0.2) is 42.5 Å². The Morgan fingerprint density at radius 3 is 2.62 bits per heavy atom. The molecule has 2 aromatic rings. The van der Waals surface area contributed by atoms with Crippen molar-refractivity contribution in [1.29, 1.82) is 0 Å². The van der Waals surface area contributed by atoms with Gasteiger partial charge in [-0.1, -0.05) is 43.3 Å². The van der Waals surface area contributed by atoms with Gasteiger partial charge < -0.3 is 10.1 Å². The highest BCUT2D eigenvalue weighted by molar-refractivity contribution is 5.24. The number of ether oxygens (including phenoxy) is 1. The molecule has 0 aliphatic heterocycles. The predicted molar refractivity (Wildman–Crippen MR) is 86.6 cm³/mol. The van der Waals surface area contributed by atoms with E-state index in [4.69, 9.17) is 4.74 Å². The van der Waals surface area contributed by atoms with Crippen LogP contribution in [-0.2, 0) is 13.0 Å². The number of nitrogens with zero attached hydrogens (tertiary/aromatic N) is 1. The van der Waals surface area contributed by atoms with Crippen molar-refractivity contribution in [2.24, 2.45) is 0 Å². The second-order valence-electron chi connectivity index (χ2n) is 5.11. The van der Waals surface area contributed by atoms with E-state index in [0.717, 1.165) is 37.5 Å². The molecular formula is C18H24N2O. The van der Waals surface area contributed by atoms with Gasteiger partial charge >= 0.3 is 0 Å². The molecule has 1 aromatic heterocycles. The zero-order chi connectivity index (χ0) is 14.9. The normalized spacial score (nSPS) is 10.6. The molecule has 1 N–H and O–H groups in total. The largest absolute Gasteiger partial charge is 0.478 e. The summed E-state index contributed by atoms with van der Waals surface area (Å²) in [6, 6.07) is 14.5. The third kappa shape index (κ3) is 5.20. The Hall–Kier alpha value is -1.87. The van der Waals surface area contributed by atoms with Crippen LogP contribution in [0, 0.1) is 6.92 Å². The standard InChI is InChI=1S/C18H24N2O/c1-3-19-14-17-11-12-18(20-15(17)2)21-13-7-10-16-8-5-4-6-9-16/h4-6,8-9,11-12,19H,3,7,10,13-14H2,1-2H3. The van der Waals surface area contributed by atoms with Crippen LogP contribution in [0.5, 0.6) is 5.88 Å². The molecule has 3 nitrogen and oxygen atoms in total. The van der Waals surface area contributed by atoms with Gasteiger partial charge in [-0.15, -0.1) is 0 Å². The highest BCUT2D eigenvalue weighted by Gasteiger charge is 2.02. The SMILES string of the molecule is CCNCc1ccc(OCCCc2ccccc2)nc1C. The van der Waals surface area contributed by atoms with E-state index < -0.39 is 0 Å². The van der Waals surface area contributed by atoms with Gasteiger partial charge in [-0.25, -0.2) is 4.98 Å². The topological polar surface area (TPSA) is 34.1 Å². The van der Waals surface area contributed by atoms with Gasteiger partial charge in [0.15, 0.2) is 0 Å². The van der Waals surface area contributed by atoms with Crippen LogP contribution in [0.1, 0.15) is 30.2 Å². The summed E-state index contributed by atoms with van der Waals surface area (Å²) in [6.07, 6.45) is 2.04. The fourth-order valence-corrected chi connectivity index (χ4v) is 2.19. The van der Waals surface area contributed by atoms with Gasteiger partial charge in [-0.2, -0.15) is 0 Å². The van der Waals surface area contributed by atoms with Crippen molar-refractivity contribution in [3.05, 3.63) is 59.3 Å². The fraction of sp³-hybridized carbons (Fsp3) is 0.389. The summed E-state index contributed by atoms with van der Waals surface area (Å²) < 4.78 is 5.74. The Labute approximate surface area is 127 Å². The Morgan fingerprint density at radius 2 is 1.90 bits per heavy atom. The summed E-state index contributed by atoms with van der Waals surface area (Å²) in [5, 5.41) is 3.31. The summed E-state index contributed by atoms with van der Waals surface area (Å²) in [6.45, 7) is 6.67. The van der Waals surface area contributed by atoms with Gasteiger partial charge in [0.25, 0.3) is 0 Å². The molecule has 0 bridgehead atoms. The predicted octanol–water partition coefficient (Wildman–Crippen LogP) is 3.51. The molecule has 0 fully saturated rings. The minimum atomic E-state index is 0.702. The maximum Gasteiger partial charge on any atom is 0.213 e. The molecule has 0 aliphatic carbocycles. The maximum atomic E-state index is 5.74. The third-order valence-corrected chi connectivity index (χ3v) is 3.44. The van der Waals surface area contributed by atoms with Gasteiger partial charge in [0.05, 0.1) is 6.61 Å². The van der Waals surface area contributed by atoms with Crippen LogP contribution < -0.4 is 10.1 Å². The van der Waals surface area contributed by atoms with Crippen molar-refractivity contribution in [2.75, 3.05) is 13.2 Å². The van der Waals surface area contributed by atoms with E-state index in [9.17, 15) is 0 Å². The quantitative estimate of drug-likeness (QED) is 0.753. The van der Waals surface area contributed by atoms with E-state index >= 15 is 0 Å². The molecule has 112 valence electrons. The van der Waals surface area contributed by atoms with Gasteiger partial charge in [0, 0.05) is 18.3 Å². The summed E-state index contributed by atoms with van der Waals surface area (Å²) in [7, 11) is 0. The van der Waals surface area contributed by atoms with Gasteiger partial charge in [0.1, 0.15) is 0 Å². The van der Waals surface area contributed by atoms with Gasteiger partial charge in [0.2, 0.25) is 5.88 Å². The van der Waals surface area contributed by atoms with E-state index in [-0.39, 0.29) is 0 Å². The number of pyridine rings is 1. The summed E-state index contributed by atoms with van der Waals surface area (Å²) in [5.41, 5.74) is 3.62. The van der Waals surface area contributed by atoms with E-state index in [1.54, 1.807) is 0 Å². The number of nitrogens with one attached hydrogen (secondary N) is 1. The van der Waals surface area contributed by atoms with Crippen molar-refractivity contribution in [3.63, 3.8) is 0 Å². The summed E-state index contributed by atoms with van der Waals surface area (Å²) in [5.74, 6) is 0.723. The first-order chi connectivity index (χ1) is 10.3. The molecule has 1 heterocycles. The Balaban J connectivity index is 1.77. The molecule has 0 unspecified atom stereocenters. The number of aromatic nitrogens is 1. The van der Waals surface area contributed by atoms with Crippen LogP contribution in [-0.4, -0.2) is 18.1 Å². The molecule has 0 amide bonds. The molecule has 1 aromatic carbocycles. The molecule has 0 saturated carbocycles. The molecule has 0 atom stereocenters. The number of rotatable bonds is 8. The lowest BCUT2D eigenvalue weighted by Crippen LogP contribution is -2.13. The Morgan fingerprint density at radius 1 is 1.10 bits per heavy atom. The van der Waals surface area contributed by atoms with Crippen molar-refractivity contribution in [3.8, 4) is 5.88 Å². The van der Waals surface area contributed by atoms with Gasteiger partial charge in [-0.05, 0) is 37.4 Å². The van der Waals surface area contributed by atoms with Gasteiger partial charge in [-0.3, -0.25) is 0 Å². The Bertz CT molecular complexity index is 540. The zero-order valence-corrected chi connectivity index (χ0v) is 12.9. The average molecular weight is 284 g/mol. The lowest BCUT2D eigenvalue weighted by atomic mass is 10.1. The molecule has 0 saturated heterocycles.